The average molecular weight is 401 g/mol. The van der Waals surface area contributed by atoms with Crippen LogP contribution in [0.3, 0.4) is 0 Å². The molecule has 1 aromatic carbocycles. The van der Waals surface area contributed by atoms with E-state index in [4.69, 9.17) is 5.73 Å². The number of carbonyl (C=O) groups excluding carboxylic acids is 2. The first-order valence-electron chi connectivity index (χ1n) is 7.42. The Morgan fingerprint density at radius 3 is 2.00 bits per heavy atom. The van der Waals surface area contributed by atoms with E-state index in [0.717, 1.165) is 0 Å². The van der Waals surface area contributed by atoms with Crippen LogP contribution in [0.25, 0.3) is 0 Å². The summed E-state index contributed by atoms with van der Waals surface area (Å²) in [6, 6.07) is -0.0332. The van der Waals surface area contributed by atoms with Crippen molar-refractivity contribution in [1.29, 1.82) is 0 Å². The molecule has 0 fully saturated rings. The van der Waals surface area contributed by atoms with Crippen LogP contribution in [0, 0.1) is 0 Å². The van der Waals surface area contributed by atoms with Gasteiger partial charge in [-0.2, -0.15) is 26.3 Å². The summed E-state index contributed by atoms with van der Waals surface area (Å²) in [5.74, 6) is -1.52. The second kappa shape index (κ2) is 9.04. The minimum atomic E-state index is -4.98. The van der Waals surface area contributed by atoms with Crippen molar-refractivity contribution in [1.82, 2.24) is 10.6 Å². The molecule has 0 saturated carbocycles. The number of halogens is 6. The van der Waals surface area contributed by atoms with Gasteiger partial charge in [-0.05, 0) is 23.8 Å². The predicted octanol–water partition coefficient (Wildman–Crippen LogP) is 1.43. The summed E-state index contributed by atoms with van der Waals surface area (Å²) in [5, 5.41) is 4.28. The van der Waals surface area contributed by atoms with Gasteiger partial charge in [0.2, 0.25) is 11.8 Å². The van der Waals surface area contributed by atoms with Gasteiger partial charge in [0.05, 0.1) is 24.3 Å². The molecule has 0 aromatic heterocycles. The lowest BCUT2D eigenvalue weighted by atomic mass is 10.0. The molecule has 0 heterocycles. The van der Waals surface area contributed by atoms with Crippen LogP contribution in [0.1, 0.15) is 16.7 Å². The van der Waals surface area contributed by atoms with Gasteiger partial charge < -0.3 is 21.1 Å². The van der Waals surface area contributed by atoms with E-state index in [2.05, 4.69) is 15.4 Å². The Bertz CT molecular complexity index is 643. The number of methoxy groups -OCH3 is 1. The van der Waals surface area contributed by atoms with Gasteiger partial charge in [-0.3, -0.25) is 9.59 Å². The van der Waals surface area contributed by atoms with Crippen molar-refractivity contribution in [2.24, 2.45) is 5.73 Å². The van der Waals surface area contributed by atoms with E-state index in [9.17, 15) is 35.9 Å². The van der Waals surface area contributed by atoms with Crippen LogP contribution in [0.5, 0.6) is 0 Å². The molecule has 1 unspecified atom stereocenters. The van der Waals surface area contributed by atoms with Gasteiger partial charge in [-0.1, -0.05) is 0 Å². The number of rotatable bonds is 7. The Balaban J connectivity index is 2.76. The molecule has 4 N–H and O–H groups in total. The van der Waals surface area contributed by atoms with Gasteiger partial charge in [-0.15, -0.1) is 0 Å². The number of alkyl halides is 6. The maximum absolute atomic E-state index is 12.8. The van der Waals surface area contributed by atoms with Crippen molar-refractivity contribution < 1.29 is 40.7 Å². The van der Waals surface area contributed by atoms with Crippen LogP contribution in [-0.4, -0.2) is 38.1 Å². The normalized spacial score (nSPS) is 13.2. The first kappa shape index (κ1) is 22.7. The van der Waals surface area contributed by atoms with E-state index in [-0.39, 0.29) is 12.7 Å². The van der Waals surface area contributed by atoms with Crippen LogP contribution < -0.4 is 16.4 Å². The van der Waals surface area contributed by atoms with Crippen LogP contribution in [0.4, 0.5) is 26.3 Å². The molecule has 6 nitrogen and oxygen atoms in total. The molecule has 0 aliphatic rings. The molecule has 12 heteroatoms. The molecule has 0 spiro atoms. The minimum Gasteiger partial charge on any atom is -0.383 e. The summed E-state index contributed by atoms with van der Waals surface area (Å²) in [4.78, 5) is 23.1. The number of benzene rings is 1. The van der Waals surface area contributed by atoms with Gasteiger partial charge in [0, 0.05) is 13.7 Å². The molecular formula is C15H17F6N3O3. The summed E-state index contributed by atoms with van der Waals surface area (Å²) in [5.41, 5.74) is 2.05. The van der Waals surface area contributed by atoms with E-state index in [1.54, 1.807) is 0 Å². The van der Waals surface area contributed by atoms with Crippen molar-refractivity contribution in [2.75, 3.05) is 20.3 Å². The Hall–Kier alpha value is -2.34. The number of nitrogens with one attached hydrogen (secondary N) is 2. The molecule has 0 saturated heterocycles. The highest BCUT2D eigenvalue weighted by Crippen LogP contribution is 2.36. The number of amides is 2. The van der Waals surface area contributed by atoms with E-state index in [1.165, 1.54) is 7.11 Å². The number of nitrogens with two attached hydrogens (primary N) is 1. The smallest absolute Gasteiger partial charge is 0.383 e. The summed E-state index contributed by atoms with van der Waals surface area (Å²) in [6.45, 7) is -1.24. The van der Waals surface area contributed by atoms with E-state index in [0.29, 0.717) is 12.1 Å². The third-order valence-corrected chi connectivity index (χ3v) is 3.24. The van der Waals surface area contributed by atoms with Crippen LogP contribution in [0.2, 0.25) is 0 Å². The molecule has 1 aromatic rings. The highest BCUT2D eigenvalue weighted by atomic mass is 19.4. The van der Waals surface area contributed by atoms with Crippen molar-refractivity contribution in [3.8, 4) is 0 Å². The molecule has 1 rings (SSSR count). The number of ether oxygens (including phenoxy) is 1. The fraction of sp³-hybridized carbons (Fsp3) is 0.467. The lowest BCUT2D eigenvalue weighted by Gasteiger charge is -2.15. The molecule has 27 heavy (non-hydrogen) atoms. The third kappa shape index (κ3) is 7.43. The number of carbonyl (C=O) groups is 2. The largest absolute Gasteiger partial charge is 0.416 e. The summed E-state index contributed by atoms with van der Waals surface area (Å²) >= 11 is 0. The van der Waals surface area contributed by atoms with Gasteiger partial charge in [0.25, 0.3) is 0 Å². The zero-order valence-corrected chi connectivity index (χ0v) is 14.0. The van der Waals surface area contributed by atoms with Gasteiger partial charge in [-0.25, -0.2) is 0 Å². The topological polar surface area (TPSA) is 93.4 Å². The second-order valence-electron chi connectivity index (χ2n) is 5.47. The van der Waals surface area contributed by atoms with Crippen LogP contribution in [-0.2, 0) is 33.2 Å². The van der Waals surface area contributed by atoms with Gasteiger partial charge in [0.15, 0.2) is 0 Å². The summed E-state index contributed by atoms with van der Waals surface area (Å²) in [7, 11) is 1.31. The predicted molar refractivity (Wildman–Crippen MR) is 81.2 cm³/mol. The molecule has 1 atom stereocenters. The fourth-order valence-corrected chi connectivity index (χ4v) is 1.94. The lowest BCUT2D eigenvalue weighted by Crippen LogP contribution is -2.46. The van der Waals surface area contributed by atoms with Crippen molar-refractivity contribution in [2.45, 2.75) is 24.9 Å². The maximum Gasteiger partial charge on any atom is 0.416 e. The molecule has 0 aliphatic heterocycles. The molecule has 0 aliphatic carbocycles. The number of hydrogen-bond acceptors (Lipinski definition) is 4. The van der Waals surface area contributed by atoms with Crippen LogP contribution >= 0.6 is 0 Å². The lowest BCUT2D eigenvalue weighted by molar-refractivity contribution is -0.143. The van der Waals surface area contributed by atoms with Crippen molar-refractivity contribution in [3.05, 3.63) is 34.9 Å². The highest BCUT2D eigenvalue weighted by Gasteiger charge is 2.36. The Labute approximate surface area is 150 Å². The Kier molecular flexibility index (Phi) is 7.60. The zero-order chi connectivity index (χ0) is 20.8. The quantitative estimate of drug-likeness (QED) is 0.603. The minimum absolute atomic E-state index is 0.0112. The van der Waals surface area contributed by atoms with Crippen LogP contribution in [0.15, 0.2) is 18.2 Å². The maximum atomic E-state index is 12.8. The van der Waals surface area contributed by atoms with Crippen molar-refractivity contribution in [3.63, 3.8) is 0 Å². The Morgan fingerprint density at radius 2 is 1.56 bits per heavy atom. The van der Waals surface area contributed by atoms with Gasteiger partial charge >= 0.3 is 12.4 Å². The van der Waals surface area contributed by atoms with Gasteiger partial charge in [0.1, 0.15) is 6.04 Å². The highest BCUT2D eigenvalue weighted by molar-refractivity contribution is 5.87. The fourth-order valence-electron chi connectivity index (χ4n) is 1.94. The molecule has 0 radical (unpaired) electrons. The van der Waals surface area contributed by atoms with E-state index in [1.807, 2.05) is 0 Å². The van der Waals surface area contributed by atoms with E-state index < -0.39 is 60.0 Å². The second-order valence-corrected chi connectivity index (χ2v) is 5.47. The summed E-state index contributed by atoms with van der Waals surface area (Å²) in [6.07, 6.45) is -9.96. The monoisotopic (exact) mass is 401 g/mol. The standard InChI is InChI=1S/C15H17F6N3O3/c1-27-7-11(22)13(26)24-6-12(25)23-5-8-2-9(14(16,17)18)4-10(3-8)15(19,20)21/h2-4,11H,5-7,22H2,1H3,(H,23,25)(H,24,26). The Morgan fingerprint density at radius 1 is 1.04 bits per heavy atom. The SMILES string of the molecule is COCC(N)C(=O)NCC(=O)NCc1cc(C(F)(F)F)cc(C(F)(F)F)c1. The first-order chi connectivity index (χ1) is 12.3. The first-order valence-corrected chi connectivity index (χ1v) is 7.42. The average Bonchev–Trinajstić information content (AvgIpc) is 2.56. The summed E-state index contributed by atoms with van der Waals surface area (Å²) < 4.78 is 81.2. The molecule has 152 valence electrons. The molecular weight excluding hydrogens is 384 g/mol. The molecule has 2 amide bonds. The number of hydrogen-bond donors (Lipinski definition) is 3. The molecule has 0 bridgehead atoms. The van der Waals surface area contributed by atoms with E-state index >= 15 is 0 Å². The third-order valence-electron chi connectivity index (χ3n) is 3.24. The van der Waals surface area contributed by atoms with Crippen molar-refractivity contribution >= 4 is 11.8 Å². The zero-order valence-electron chi connectivity index (χ0n) is 14.0.